The highest BCUT2D eigenvalue weighted by Crippen LogP contribution is 2.16. The number of hydrogen-bond acceptors (Lipinski definition) is 5. The fourth-order valence-electron chi connectivity index (χ4n) is 2.51. The third-order valence-electron chi connectivity index (χ3n) is 3.56. The quantitative estimate of drug-likeness (QED) is 0.597. The first kappa shape index (κ1) is 15.4. The molecule has 0 aromatic heterocycles. The summed E-state index contributed by atoms with van der Waals surface area (Å²) in [4.78, 5) is 24.3. The topological polar surface area (TPSA) is 95.7 Å². The molecule has 0 saturated carbocycles. The molecule has 1 aromatic rings. The van der Waals surface area contributed by atoms with Crippen LogP contribution in [-0.4, -0.2) is 53.1 Å². The summed E-state index contributed by atoms with van der Waals surface area (Å²) in [6.45, 7) is 1.53. The van der Waals surface area contributed by atoms with Crippen LogP contribution in [0.25, 0.3) is 0 Å². The van der Waals surface area contributed by atoms with Gasteiger partial charge in [0.15, 0.2) is 0 Å². The van der Waals surface area contributed by atoms with Crippen molar-refractivity contribution >= 4 is 11.6 Å². The summed E-state index contributed by atoms with van der Waals surface area (Å²) >= 11 is 0. The summed E-state index contributed by atoms with van der Waals surface area (Å²) in [5.74, 6) is -0.290. The number of aliphatic hydroxyl groups excluding tert-OH is 1. The van der Waals surface area contributed by atoms with Crippen LogP contribution in [0.4, 0.5) is 5.69 Å². The summed E-state index contributed by atoms with van der Waals surface area (Å²) < 4.78 is 0. The summed E-state index contributed by atoms with van der Waals surface area (Å²) in [6, 6.07) is 5.90. The number of amides is 1. The van der Waals surface area contributed by atoms with E-state index in [-0.39, 0.29) is 36.4 Å². The zero-order valence-electron chi connectivity index (χ0n) is 11.7. The molecule has 2 N–H and O–H groups in total. The van der Waals surface area contributed by atoms with E-state index in [0.29, 0.717) is 6.54 Å². The molecule has 1 aliphatic rings. The van der Waals surface area contributed by atoms with Gasteiger partial charge >= 0.3 is 0 Å². The van der Waals surface area contributed by atoms with Crippen molar-refractivity contribution < 1.29 is 14.8 Å². The molecule has 1 fully saturated rings. The van der Waals surface area contributed by atoms with Gasteiger partial charge < -0.3 is 15.3 Å². The van der Waals surface area contributed by atoms with Gasteiger partial charge in [-0.05, 0) is 25.5 Å². The fraction of sp³-hybridized carbons (Fsp3) is 0.500. The molecule has 1 saturated heterocycles. The van der Waals surface area contributed by atoms with Crippen LogP contribution in [0, 0.1) is 10.1 Å². The van der Waals surface area contributed by atoms with Crippen LogP contribution in [0.5, 0.6) is 0 Å². The molecule has 114 valence electrons. The first-order valence-electron chi connectivity index (χ1n) is 7.00. The van der Waals surface area contributed by atoms with Gasteiger partial charge in [0.1, 0.15) is 0 Å². The van der Waals surface area contributed by atoms with E-state index in [9.17, 15) is 14.9 Å². The Kier molecular flexibility index (Phi) is 5.24. The normalized spacial score (nSPS) is 17.7. The molecule has 1 aliphatic heterocycles. The number of non-ortho nitro benzene ring substituents is 1. The molecular formula is C14H19N3O4. The van der Waals surface area contributed by atoms with Gasteiger partial charge in [-0.1, -0.05) is 6.07 Å². The first-order valence-corrected chi connectivity index (χ1v) is 7.00. The van der Waals surface area contributed by atoms with Crippen molar-refractivity contribution in [2.75, 3.05) is 26.2 Å². The van der Waals surface area contributed by atoms with Gasteiger partial charge in [0, 0.05) is 36.8 Å². The zero-order valence-corrected chi connectivity index (χ0v) is 11.7. The van der Waals surface area contributed by atoms with Gasteiger partial charge in [-0.3, -0.25) is 14.9 Å². The monoisotopic (exact) mass is 293 g/mol. The van der Waals surface area contributed by atoms with E-state index in [1.165, 1.54) is 18.2 Å². The summed E-state index contributed by atoms with van der Waals surface area (Å²) in [5.41, 5.74) is 0.166. The maximum absolute atomic E-state index is 12.5. The zero-order chi connectivity index (χ0) is 15.2. The van der Waals surface area contributed by atoms with Crippen molar-refractivity contribution in [2.24, 2.45) is 0 Å². The van der Waals surface area contributed by atoms with E-state index in [4.69, 9.17) is 5.11 Å². The number of carbonyl (C=O) groups is 1. The SMILES string of the molecule is O=C(c1cccc([N+](=O)[O-])c1)N(CCO)CC1CCCN1. The molecule has 21 heavy (non-hydrogen) atoms. The number of aliphatic hydroxyl groups is 1. The Labute approximate surface area is 122 Å². The number of nitrogens with zero attached hydrogens (tertiary/aromatic N) is 2. The molecule has 1 aromatic carbocycles. The molecule has 1 amide bonds. The highest BCUT2D eigenvalue weighted by Gasteiger charge is 2.23. The molecule has 1 atom stereocenters. The molecule has 0 aliphatic carbocycles. The average Bonchev–Trinajstić information content (AvgIpc) is 2.99. The number of nitrogens with one attached hydrogen (secondary N) is 1. The molecule has 0 bridgehead atoms. The molecule has 7 heteroatoms. The minimum absolute atomic E-state index is 0.108. The van der Waals surface area contributed by atoms with Crippen molar-refractivity contribution in [1.29, 1.82) is 0 Å². The highest BCUT2D eigenvalue weighted by molar-refractivity contribution is 5.94. The predicted octanol–water partition coefficient (Wildman–Crippen LogP) is 0.781. The van der Waals surface area contributed by atoms with Crippen LogP contribution in [0.1, 0.15) is 23.2 Å². The van der Waals surface area contributed by atoms with Gasteiger partial charge in [-0.15, -0.1) is 0 Å². The van der Waals surface area contributed by atoms with Crippen LogP contribution in [0.3, 0.4) is 0 Å². The van der Waals surface area contributed by atoms with E-state index >= 15 is 0 Å². The average molecular weight is 293 g/mol. The third-order valence-corrected chi connectivity index (χ3v) is 3.56. The van der Waals surface area contributed by atoms with Gasteiger partial charge in [0.05, 0.1) is 11.5 Å². The molecule has 0 spiro atoms. The fourth-order valence-corrected chi connectivity index (χ4v) is 2.51. The van der Waals surface area contributed by atoms with E-state index in [2.05, 4.69) is 5.32 Å². The van der Waals surface area contributed by atoms with E-state index < -0.39 is 4.92 Å². The van der Waals surface area contributed by atoms with Gasteiger partial charge in [0.2, 0.25) is 0 Å². The van der Waals surface area contributed by atoms with Crippen molar-refractivity contribution in [3.05, 3.63) is 39.9 Å². The van der Waals surface area contributed by atoms with Crippen molar-refractivity contribution in [3.63, 3.8) is 0 Å². The highest BCUT2D eigenvalue weighted by atomic mass is 16.6. The lowest BCUT2D eigenvalue weighted by Gasteiger charge is -2.25. The van der Waals surface area contributed by atoms with Gasteiger partial charge in [-0.25, -0.2) is 0 Å². The lowest BCUT2D eigenvalue weighted by molar-refractivity contribution is -0.384. The molecule has 1 heterocycles. The number of benzene rings is 1. The maximum Gasteiger partial charge on any atom is 0.270 e. The molecule has 1 unspecified atom stereocenters. The Morgan fingerprint density at radius 1 is 1.52 bits per heavy atom. The number of carbonyl (C=O) groups excluding carboxylic acids is 1. The molecular weight excluding hydrogens is 274 g/mol. The summed E-state index contributed by atoms with van der Waals surface area (Å²) in [7, 11) is 0. The van der Waals surface area contributed by atoms with Gasteiger partial charge in [0.25, 0.3) is 11.6 Å². The van der Waals surface area contributed by atoms with Crippen LogP contribution in [-0.2, 0) is 0 Å². The van der Waals surface area contributed by atoms with Crippen molar-refractivity contribution in [2.45, 2.75) is 18.9 Å². The third kappa shape index (κ3) is 3.99. The second-order valence-electron chi connectivity index (χ2n) is 5.08. The predicted molar refractivity (Wildman–Crippen MR) is 77.1 cm³/mol. The van der Waals surface area contributed by atoms with E-state index in [1.807, 2.05) is 0 Å². The van der Waals surface area contributed by atoms with Gasteiger partial charge in [-0.2, -0.15) is 0 Å². The maximum atomic E-state index is 12.5. The smallest absolute Gasteiger partial charge is 0.270 e. The first-order chi connectivity index (χ1) is 10.1. The molecule has 7 nitrogen and oxygen atoms in total. The minimum Gasteiger partial charge on any atom is -0.395 e. The second-order valence-corrected chi connectivity index (χ2v) is 5.08. The largest absolute Gasteiger partial charge is 0.395 e. The Morgan fingerprint density at radius 3 is 2.95 bits per heavy atom. The second kappa shape index (κ2) is 7.14. The number of nitro groups is 1. The minimum atomic E-state index is -0.522. The Balaban J connectivity index is 2.12. The number of rotatable bonds is 6. The lowest BCUT2D eigenvalue weighted by atomic mass is 10.1. The lowest BCUT2D eigenvalue weighted by Crippen LogP contribution is -2.42. The number of hydrogen-bond donors (Lipinski definition) is 2. The van der Waals surface area contributed by atoms with E-state index in [0.717, 1.165) is 19.4 Å². The number of nitro benzene ring substituents is 1. The van der Waals surface area contributed by atoms with Crippen LogP contribution in [0.15, 0.2) is 24.3 Å². The van der Waals surface area contributed by atoms with Crippen molar-refractivity contribution in [3.8, 4) is 0 Å². The standard InChI is InChI=1S/C14H19N3O4/c18-8-7-16(10-12-4-2-6-15-12)14(19)11-3-1-5-13(9-11)17(20)21/h1,3,5,9,12,15,18H,2,4,6-8,10H2. The Bertz CT molecular complexity index is 515. The van der Waals surface area contributed by atoms with Crippen LogP contribution >= 0.6 is 0 Å². The van der Waals surface area contributed by atoms with Crippen molar-refractivity contribution in [1.82, 2.24) is 10.2 Å². The molecule has 2 rings (SSSR count). The summed E-state index contributed by atoms with van der Waals surface area (Å²) in [5, 5.41) is 23.2. The summed E-state index contributed by atoms with van der Waals surface area (Å²) in [6.07, 6.45) is 2.06. The Hall–Kier alpha value is -1.99. The Morgan fingerprint density at radius 2 is 2.33 bits per heavy atom. The molecule has 0 radical (unpaired) electrons. The van der Waals surface area contributed by atoms with Crippen LogP contribution < -0.4 is 5.32 Å². The van der Waals surface area contributed by atoms with Crippen LogP contribution in [0.2, 0.25) is 0 Å². The van der Waals surface area contributed by atoms with E-state index in [1.54, 1.807) is 11.0 Å².